The quantitative estimate of drug-likeness (QED) is 0.766. The van der Waals surface area contributed by atoms with Gasteiger partial charge >= 0.3 is 0 Å². The zero-order valence-corrected chi connectivity index (χ0v) is 9.17. The fourth-order valence-electron chi connectivity index (χ4n) is 1.54. The van der Waals surface area contributed by atoms with Crippen LogP contribution in [0.15, 0.2) is 23.2 Å². The minimum Gasteiger partial charge on any atom is -0.381 e. The first-order valence-electron chi connectivity index (χ1n) is 4.99. The number of nitrogens with zero attached hydrogens (tertiary/aromatic N) is 2. The molecule has 0 unspecified atom stereocenters. The average Bonchev–Trinajstić information content (AvgIpc) is 2.31. The van der Waals surface area contributed by atoms with Crippen molar-refractivity contribution >= 4 is 11.8 Å². The van der Waals surface area contributed by atoms with Crippen molar-refractivity contribution in [3.05, 3.63) is 24.0 Å². The lowest BCUT2D eigenvalue weighted by atomic mass is 10.2. The topological polar surface area (TPSA) is 45.9 Å². The lowest BCUT2D eigenvalue weighted by Crippen LogP contribution is -2.17. The van der Waals surface area contributed by atoms with Gasteiger partial charge in [-0.2, -0.15) is 5.26 Å². The number of aromatic nitrogens is 1. The van der Waals surface area contributed by atoms with Crippen LogP contribution in [-0.4, -0.2) is 23.4 Å². The highest BCUT2D eigenvalue weighted by molar-refractivity contribution is 8.00. The van der Waals surface area contributed by atoms with Gasteiger partial charge in [-0.1, -0.05) is 0 Å². The van der Waals surface area contributed by atoms with Gasteiger partial charge in [-0.05, 0) is 25.0 Å². The lowest BCUT2D eigenvalue weighted by molar-refractivity contribution is 0.100. The van der Waals surface area contributed by atoms with Crippen LogP contribution < -0.4 is 0 Å². The van der Waals surface area contributed by atoms with Crippen LogP contribution in [0.4, 0.5) is 0 Å². The normalized spacial score (nSPS) is 17.3. The number of thioether (sulfide) groups is 1. The monoisotopic (exact) mass is 220 g/mol. The van der Waals surface area contributed by atoms with Gasteiger partial charge in [-0.3, -0.25) is 0 Å². The molecule has 15 heavy (non-hydrogen) atoms. The van der Waals surface area contributed by atoms with Crippen molar-refractivity contribution in [1.29, 1.82) is 5.26 Å². The number of ether oxygens (including phenoxy) is 1. The molecule has 2 rings (SSSR count). The smallest absolute Gasteiger partial charge is 0.153 e. The molecule has 0 aromatic carbocycles. The van der Waals surface area contributed by atoms with Gasteiger partial charge in [0.1, 0.15) is 6.07 Å². The molecule has 4 heteroatoms. The summed E-state index contributed by atoms with van der Waals surface area (Å²) in [5.74, 6) is 0. The third kappa shape index (κ3) is 2.71. The molecule has 0 spiro atoms. The molecular weight excluding hydrogens is 208 g/mol. The standard InChI is InChI=1S/C11H12N2OS/c12-8-10-11(2-1-5-13-10)15-9-3-6-14-7-4-9/h1-2,5,9H,3-4,6-7H2. The first-order valence-corrected chi connectivity index (χ1v) is 5.87. The molecule has 1 aliphatic rings. The third-order valence-electron chi connectivity index (χ3n) is 2.34. The number of pyridine rings is 1. The van der Waals surface area contributed by atoms with E-state index < -0.39 is 0 Å². The summed E-state index contributed by atoms with van der Waals surface area (Å²) in [4.78, 5) is 5.04. The van der Waals surface area contributed by atoms with E-state index in [1.54, 1.807) is 18.0 Å². The minimum absolute atomic E-state index is 0.536. The molecule has 0 amide bonds. The molecule has 0 N–H and O–H groups in total. The first kappa shape index (κ1) is 10.5. The Morgan fingerprint density at radius 1 is 1.47 bits per heavy atom. The Morgan fingerprint density at radius 3 is 3.00 bits per heavy atom. The van der Waals surface area contributed by atoms with E-state index in [9.17, 15) is 0 Å². The number of rotatable bonds is 2. The van der Waals surface area contributed by atoms with E-state index >= 15 is 0 Å². The number of hydrogen-bond acceptors (Lipinski definition) is 4. The molecule has 0 radical (unpaired) electrons. The van der Waals surface area contributed by atoms with Gasteiger partial charge in [-0.15, -0.1) is 11.8 Å². The highest BCUT2D eigenvalue weighted by Crippen LogP contribution is 2.30. The van der Waals surface area contributed by atoms with Crippen LogP contribution in [0.5, 0.6) is 0 Å². The van der Waals surface area contributed by atoms with Crippen molar-refractivity contribution in [3.8, 4) is 6.07 Å². The van der Waals surface area contributed by atoms with Gasteiger partial charge in [0.25, 0.3) is 0 Å². The summed E-state index contributed by atoms with van der Waals surface area (Å²) >= 11 is 1.75. The van der Waals surface area contributed by atoms with Crippen LogP contribution >= 0.6 is 11.8 Å². The van der Waals surface area contributed by atoms with E-state index in [0.717, 1.165) is 31.0 Å². The zero-order valence-electron chi connectivity index (χ0n) is 8.35. The Morgan fingerprint density at radius 2 is 2.27 bits per heavy atom. The third-order valence-corrected chi connectivity index (χ3v) is 3.73. The Labute approximate surface area is 93.5 Å². The summed E-state index contributed by atoms with van der Waals surface area (Å²) in [5, 5.41) is 9.46. The maximum atomic E-state index is 8.90. The molecule has 1 aliphatic heterocycles. The molecule has 0 atom stereocenters. The molecule has 1 fully saturated rings. The van der Waals surface area contributed by atoms with Gasteiger partial charge in [-0.25, -0.2) is 4.98 Å². The fourth-order valence-corrected chi connectivity index (χ4v) is 2.70. The molecule has 1 saturated heterocycles. The van der Waals surface area contributed by atoms with Crippen molar-refractivity contribution in [1.82, 2.24) is 4.98 Å². The predicted octanol–water partition coefficient (Wildman–Crippen LogP) is 2.22. The molecule has 3 nitrogen and oxygen atoms in total. The summed E-state index contributed by atoms with van der Waals surface area (Å²) in [5.41, 5.74) is 0.536. The molecule has 2 heterocycles. The van der Waals surface area contributed by atoms with Crippen LogP contribution in [0, 0.1) is 11.3 Å². The minimum atomic E-state index is 0.536. The lowest BCUT2D eigenvalue weighted by Gasteiger charge is -2.21. The van der Waals surface area contributed by atoms with E-state index in [4.69, 9.17) is 10.00 Å². The van der Waals surface area contributed by atoms with Crippen molar-refractivity contribution in [2.45, 2.75) is 23.0 Å². The largest absolute Gasteiger partial charge is 0.381 e. The van der Waals surface area contributed by atoms with E-state index in [2.05, 4.69) is 11.1 Å². The Bertz CT molecular complexity index is 369. The Hall–Kier alpha value is -1.05. The van der Waals surface area contributed by atoms with E-state index in [1.165, 1.54) is 0 Å². The molecular formula is C11H12N2OS. The van der Waals surface area contributed by atoms with Crippen molar-refractivity contribution < 1.29 is 4.74 Å². The molecule has 1 aromatic heterocycles. The first-order chi connectivity index (χ1) is 7.40. The fraction of sp³-hybridized carbons (Fsp3) is 0.455. The van der Waals surface area contributed by atoms with Gasteiger partial charge in [0.05, 0.1) is 0 Å². The summed E-state index contributed by atoms with van der Waals surface area (Å²) in [6.07, 6.45) is 3.78. The molecule has 0 saturated carbocycles. The zero-order chi connectivity index (χ0) is 10.5. The van der Waals surface area contributed by atoms with Crippen LogP contribution in [0.3, 0.4) is 0 Å². The Balaban J connectivity index is 2.06. The second kappa shape index (κ2) is 5.15. The molecule has 0 bridgehead atoms. The predicted molar refractivity (Wildman–Crippen MR) is 58.7 cm³/mol. The van der Waals surface area contributed by atoms with Crippen LogP contribution in [-0.2, 0) is 4.74 Å². The van der Waals surface area contributed by atoms with Crippen LogP contribution in [0.1, 0.15) is 18.5 Å². The van der Waals surface area contributed by atoms with Crippen LogP contribution in [0.25, 0.3) is 0 Å². The van der Waals surface area contributed by atoms with Crippen molar-refractivity contribution in [2.75, 3.05) is 13.2 Å². The number of nitriles is 1. The van der Waals surface area contributed by atoms with Crippen molar-refractivity contribution in [2.24, 2.45) is 0 Å². The molecule has 0 aliphatic carbocycles. The number of hydrogen-bond donors (Lipinski definition) is 0. The highest BCUT2D eigenvalue weighted by Gasteiger charge is 2.16. The molecule has 78 valence electrons. The summed E-state index contributed by atoms with van der Waals surface area (Å²) in [6.45, 7) is 1.67. The second-order valence-electron chi connectivity index (χ2n) is 3.39. The highest BCUT2D eigenvalue weighted by atomic mass is 32.2. The van der Waals surface area contributed by atoms with Crippen molar-refractivity contribution in [3.63, 3.8) is 0 Å². The maximum Gasteiger partial charge on any atom is 0.153 e. The SMILES string of the molecule is N#Cc1ncccc1SC1CCOCC1. The average molecular weight is 220 g/mol. The molecule has 1 aromatic rings. The van der Waals surface area contributed by atoms with E-state index in [1.807, 2.05) is 12.1 Å². The summed E-state index contributed by atoms with van der Waals surface area (Å²) in [6, 6.07) is 5.96. The second-order valence-corrected chi connectivity index (χ2v) is 4.73. The maximum absolute atomic E-state index is 8.90. The van der Waals surface area contributed by atoms with Gasteiger partial charge in [0.15, 0.2) is 5.69 Å². The Kier molecular flexibility index (Phi) is 3.59. The summed E-state index contributed by atoms with van der Waals surface area (Å²) < 4.78 is 5.30. The van der Waals surface area contributed by atoms with Crippen LogP contribution in [0.2, 0.25) is 0 Å². The summed E-state index contributed by atoms with van der Waals surface area (Å²) in [7, 11) is 0. The van der Waals surface area contributed by atoms with Gasteiger partial charge in [0, 0.05) is 29.6 Å². The van der Waals surface area contributed by atoms with Gasteiger partial charge in [0.2, 0.25) is 0 Å². The van der Waals surface area contributed by atoms with Gasteiger partial charge < -0.3 is 4.74 Å². The van der Waals surface area contributed by atoms with E-state index in [-0.39, 0.29) is 0 Å². The van der Waals surface area contributed by atoms with E-state index in [0.29, 0.717) is 10.9 Å².